The van der Waals surface area contributed by atoms with Crippen LogP contribution in [0, 0.1) is 5.82 Å². The summed E-state index contributed by atoms with van der Waals surface area (Å²) in [5, 5.41) is 6.44. The molecule has 1 aromatic carbocycles. The standard InChI is InChI=1S/C18H22FN7O/c19-12-3-1-4-13(7-12)20-9-16(27)26-6-2-5-14(10-26)24-17-15-8-23-25-18(15)22-11-21-17/h1,3-4,7,11,14,20,23H,2,5-6,8-10H2,(H2,21,22,24,25)/t14-/m0/s1. The summed E-state index contributed by atoms with van der Waals surface area (Å²) in [5.74, 6) is 1.27. The number of halogens is 1. The van der Waals surface area contributed by atoms with Crippen LogP contribution in [-0.2, 0) is 11.3 Å². The maximum Gasteiger partial charge on any atom is 0.241 e. The van der Waals surface area contributed by atoms with Crippen molar-refractivity contribution in [1.82, 2.24) is 20.3 Å². The van der Waals surface area contributed by atoms with E-state index in [2.05, 4.69) is 31.5 Å². The maximum absolute atomic E-state index is 13.2. The number of rotatable bonds is 5. The molecule has 0 unspecified atom stereocenters. The average Bonchev–Trinajstić information content (AvgIpc) is 3.16. The molecule has 4 N–H and O–H groups in total. The number of hydrogen-bond donors (Lipinski definition) is 4. The number of fused-ring (bicyclic) bond motifs is 1. The zero-order valence-electron chi connectivity index (χ0n) is 14.8. The van der Waals surface area contributed by atoms with Crippen molar-refractivity contribution in [2.75, 3.05) is 35.7 Å². The van der Waals surface area contributed by atoms with Crippen LogP contribution in [0.3, 0.4) is 0 Å². The fourth-order valence-corrected chi connectivity index (χ4v) is 3.43. The molecule has 1 fully saturated rings. The Morgan fingerprint density at radius 3 is 3.19 bits per heavy atom. The first kappa shape index (κ1) is 17.5. The molecule has 142 valence electrons. The van der Waals surface area contributed by atoms with Crippen molar-refractivity contribution >= 4 is 23.2 Å². The van der Waals surface area contributed by atoms with Crippen molar-refractivity contribution in [3.8, 4) is 0 Å². The van der Waals surface area contributed by atoms with Crippen molar-refractivity contribution < 1.29 is 9.18 Å². The molecule has 0 aliphatic carbocycles. The minimum atomic E-state index is -0.323. The number of nitrogens with zero attached hydrogens (tertiary/aromatic N) is 3. The third-order valence-electron chi connectivity index (χ3n) is 4.80. The number of carbonyl (C=O) groups excluding carboxylic acids is 1. The van der Waals surface area contributed by atoms with Crippen LogP contribution < -0.4 is 21.5 Å². The van der Waals surface area contributed by atoms with Gasteiger partial charge in [0.05, 0.1) is 12.1 Å². The number of carbonyl (C=O) groups is 1. The van der Waals surface area contributed by atoms with Crippen molar-refractivity contribution in [2.45, 2.75) is 25.4 Å². The number of nitrogens with one attached hydrogen (secondary N) is 4. The second-order valence-corrected chi connectivity index (χ2v) is 6.72. The summed E-state index contributed by atoms with van der Waals surface area (Å²) < 4.78 is 13.2. The number of anilines is 3. The van der Waals surface area contributed by atoms with Gasteiger partial charge in [-0.25, -0.2) is 19.8 Å². The summed E-state index contributed by atoms with van der Waals surface area (Å²) in [7, 11) is 0. The third-order valence-corrected chi connectivity index (χ3v) is 4.80. The molecule has 0 bridgehead atoms. The Hall–Kier alpha value is -2.94. The van der Waals surface area contributed by atoms with Gasteiger partial charge in [-0.15, -0.1) is 0 Å². The molecule has 8 nitrogen and oxygen atoms in total. The Morgan fingerprint density at radius 1 is 1.37 bits per heavy atom. The molecule has 3 heterocycles. The molecule has 4 rings (SSSR count). The summed E-state index contributed by atoms with van der Waals surface area (Å²) in [6.45, 7) is 2.15. The quantitative estimate of drug-likeness (QED) is 0.634. The number of aromatic nitrogens is 2. The molecule has 1 aromatic heterocycles. The lowest BCUT2D eigenvalue weighted by molar-refractivity contribution is -0.130. The lowest BCUT2D eigenvalue weighted by atomic mass is 10.1. The van der Waals surface area contributed by atoms with Gasteiger partial charge in [0.2, 0.25) is 5.91 Å². The summed E-state index contributed by atoms with van der Waals surface area (Å²) in [6.07, 6.45) is 3.42. The van der Waals surface area contributed by atoms with Crippen LogP contribution in [0.2, 0.25) is 0 Å². The molecule has 1 amide bonds. The number of amides is 1. The van der Waals surface area contributed by atoms with Crippen molar-refractivity contribution in [2.24, 2.45) is 0 Å². The number of piperidine rings is 1. The Morgan fingerprint density at radius 2 is 2.30 bits per heavy atom. The van der Waals surface area contributed by atoms with Crippen molar-refractivity contribution in [1.29, 1.82) is 0 Å². The fourth-order valence-electron chi connectivity index (χ4n) is 3.43. The van der Waals surface area contributed by atoms with Gasteiger partial charge in [0.15, 0.2) is 0 Å². The number of hydrogen-bond acceptors (Lipinski definition) is 7. The van der Waals surface area contributed by atoms with Crippen LogP contribution >= 0.6 is 0 Å². The van der Waals surface area contributed by atoms with Gasteiger partial charge in [-0.3, -0.25) is 4.79 Å². The molecular weight excluding hydrogens is 349 g/mol. The summed E-state index contributed by atoms with van der Waals surface area (Å²) in [6, 6.07) is 6.26. The van der Waals surface area contributed by atoms with Gasteiger partial charge in [-0.05, 0) is 31.0 Å². The SMILES string of the molecule is O=C(CNc1cccc(F)c1)N1CCC[C@H](Nc2ncnc3c2CNN3)C1. The van der Waals surface area contributed by atoms with E-state index in [1.807, 2.05) is 4.90 Å². The predicted molar refractivity (Wildman–Crippen MR) is 101 cm³/mol. The molecule has 0 radical (unpaired) electrons. The van der Waals surface area contributed by atoms with E-state index in [9.17, 15) is 9.18 Å². The Labute approximate surface area is 156 Å². The normalized spacial score (nSPS) is 18.6. The minimum absolute atomic E-state index is 0.00186. The molecule has 0 saturated carbocycles. The lowest BCUT2D eigenvalue weighted by Gasteiger charge is -2.33. The van der Waals surface area contributed by atoms with E-state index >= 15 is 0 Å². The zero-order chi connectivity index (χ0) is 18.6. The van der Waals surface area contributed by atoms with E-state index < -0.39 is 0 Å². The molecule has 1 saturated heterocycles. The first-order chi connectivity index (χ1) is 13.2. The van der Waals surface area contributed by atoms with Gasteiger partial charge in [0, 0.05) is 31.4 Å². The van der Waals surface area contributed by atoms with Crippen LogP contribution in [0.1, 0.15) is 18.4 Å². The summed E-state index contributed by atoms with van der Waals surface area (Å²) in [4.78, 5) is 22.9. The molecule has 9 heteroatoms. The van der Waals surface area contributed by atoms with Crippen LogP contribution in [-0.4, -0.2) is 46.5 Å². The van der Waals surface area contributed by atoms with Gasteiger partial charge in [0.25, 0.3) is 0 Å². The molecule has 0 spiro atoms. The van der Waals surface area contributed by atoms with Crippen molar-refractivity contribution in [3.05, 3.63) is 42.0 Å². The van der Waals surface area contributed by atoms with Crippen LogP contribution in [0.5, 0.6) is 0 Å². The topological polar surface area (TPSA) is 94.2 Å². The van der Waals surface area contributed by atoms with Gasteiger partial charge in [0.1, 0.15) is 23.8 Å². The fraction of sp³-hybridized carbons (Fsp3) is 0.389. The highest BCUT2D eigenvalue weighted by molar-refractivity contribution is 5.81. The molecule has 2 aromatic rings. The molecule has 2 aliphatic heterocycles. The zero-order valence-corrected chi connectivity index (χ0v) is 14.8. The number of hydrazine groups is 1. The lowest BCUT2D eigenvalue weighted by Crippen LogP contribution is -2.47. The molecule has 2 aliphatic rings. The average molecular weight is 371 g/mol. The van der Waals surface area contributed by atoms with E-state index in [1.54, 1.807) is 12.1 Å². The van der Waals surface area contributed by atoms with E-state index in [1.165, 1.54) is 18.5 Å². The number of benzene rings is 1. The third kappa shape index (κ3) is 4.08. The highest BCUT2D eigenvalue weighted by atomic mass is 19.1. The second-order valence-electron chi connectivity index (χ2n) is 6.72. The largest absolute Gasteiger partial charge is 0.376 e. The monoisotopic (exact) mass is 371 g/mol. The molecular formula is C18H22FN7O. The first-order valence-electron chi connectivity index (χ1n) is 9.05. The highest BCUT2D eigenvalue weighted by Gasteiger charge is 2.25. The van der Waals surface area contributed by atoms with Crippen LogP contribution in [0.4, 0.5) is 21.7 Å². The maximum atomic E-state index is 13.2. The molecule has 27 heavy (non-hydrogen) atoms. The van der Waals surface area contributed by atoms with Crippen LogP contribution in [0.15, 0.2) is 30.6 Å². The van der Waals surface area contributed by atoms with Gasteiger partial charge < -0.3 is 21.0 Å². The summed E-state index contributed by atoms with van der Waals surface area (Å²) >= 11 is 0. The van der Waals surface area contributed by atoms with Crippen molar-refractivity contribution in [3.63, 3.8) is 0 Å². The smallest absolute Gasteiger partial charge is 0.241 e. The van der Waals surface area contributed by atoms with E-state index in [0.717, 1.165) is 36.6 Å². The second kappa shape index (κ2) is 7.75. The Kier molecular flexibility index (Phi) is 5.01. The Bertz CT molecular complexity index is 831. The van der Waals surface area contributed by atoms with Crippen LogP contribution in [0.25, 0.3) is 0 Å². The first-order valence-corrected chi connectivity index (χ1v) is 9.05. The molecule has 1 atom stereocenters. The highest BCUT2D eigenvalue weighted by Crippen LogP contribution is 2.24. The van der Waals surface area contributed by atoms with E-state index in [4.69, 9.17) is 0 Å². The van der Waals surface area contributed by atoms with Gasteiger partial charge in [-0.2, -0.15) is 0 Å². The predicted octanol–water partition coefficient (Wildman–Crippen LogP) is 1.56. The Balaban J connectivity index is 1.34. The van der Waals surface area contributed by atoms with E-state index in [0.29, 0.717) is 18.8 Å². The summed E-state index contributed by atoms with van der Waals surface area (Å²) in [5.41, 5.74) is 7.65. The van der Waals surface area contributed by atoms with Gasteiger partial charge >= 0.3 is 0 Å². The van der Waals surface area contributed by atoms with Gasteiger partial charge in [-0.1, -0.05) is 6.07 Å². The minimum Gasteiger partial charge on any atom is -0.376 e. The van der Waals surface area contributed by atoms with E-state index in [-0.39, 0.29) is 24.3 Å². The number of likely N-dealkylation sites (tertiary alicyclic amines) is 1.